The Bertz CT molecular complexity index is 834. The second-order valence-electron chi connectivity index (χ2n) is 4.12. The summed E-state index contributed by atoms with van der Waals surface area (Å²) in [5, 5.41) is 14.7. The van der Waals surface area contributed by atoms with Gasteiger partial charge in [0, 0.05) is 11.6 Å². The highest BCUT2D eigenvalue weighted by Crippen LogP contribution is 2.32. The number of anilines is 2. The molecular weight excluding hydrogens is 294 g/mol. The van der Waals surface area contributed by atoms with Gasteiger partial charge in [-0.1, -0.05) is 29.8 Å². The molecule has 0 aliphatic rings. The first-order valence-electron chi connectivity index (χ1n) is 5.92. The summed E-state index contributed by atoms with van der Waals surface area (Å²) in [4.78, 5) is 22.2. The van der Waals surface area contributed by atoms with Crippen molar-refractivity contribution in [3.63, 3.8) is 0 Å². The van der Waals surface area contributed by atoms with Crippen LogP contribution in [0.25, 0.3) is 10.9 Å². The summed E-state index contributed by atoms with van der Waals surface area (Å²) >= 11 is 5.76. The highest BCUT2D eigenvalue weighted by atomic mass is 35.5. The lowest BCUT2D eigenvalue weighted by molar-refractivity contribution is -0.384. The van der Waals surface area contributed by atoms with Crippen LogP contribution < -0.4 is 5.32 Å². The van der Waals surface area contributed by atoms with Crippen molar-refractivity contribution in [3.8, 4) is 0 Å². The van der Waals surface area contributed by atoms with Crippen molar-refractivity contribution in [3.05, 3.63) is 58.1 Å². The van der Waals surface area contributed by atoms with Crippen LogP contribution in [-0.4, -0.2) is 19.9 Å². The minimum atomic E-state index is -0.622. The Labute approximate surface area is 123 Å². The summed E-state index contributed by atoms with van der Waals surface area (Å²) in [5.74, 6) is 0.0261. The number of pyridine rings is 1. The molecule has 0 unspecified atom stereocenters. The molecule has 0 saturated carbocycles. The summed E-state index contributed by atoms with van der Waals surface area (Å²) in [6.45, 7) is 0. The lowest BCUT2D eigenvalue weighted by Crippen LogP contribution is -2.02. The van der Waals surface area contributed by atoms with E-state index in [9.17, 15) is 10.1 Å². The molecule has 0 amide bonds. The van der Waals surface area contributed by atoms with Gasteiger partial charge in [0.2, 0.25) is 11.0 Å². The molecule has 0 aliphatic heterocycles. The second-order valence-corrected chi connectivity index (χ2v) is 4.48. The van der Waals surface area contributed by atoms with Crippen LogP contribution >= 0.6 is 11.6 Å². The molecule has 1 aromatic carbocycles. The number of hydrogen-bond donors (Lipinski definition) is 1. The molecule has 0 fully saturated rings. The van der Waals surface area contributed by atoms with Gasteiger partial charge in [-0.25, -0.2) is 9.97 Å². The third-order valence-corrected chi connectivity index (χ3v) is 3.12. The first-order chi connectivity index (χ1) is 10.2. The van der Waals surface area contributed by atoms with Gasteiger partial charge >= 0.3 is 5.69 Å². The predicted octanol–water partition coefficient (Wildman–Crippen LogP) is 3.33. The second kappa shape index (κ2) is 5.29. The molecule has 0 spiro atoms. The monoisotopic (exact) mass is 301 g/mol. The Balaban J connectivity index is 2.12. The van der Waals surface area contributed by atoms with E-state index >= 15 is 0 Å². The van der Waals surface area contributed by atoms with Crippen LogP contribution in [0.1, 0.15) is 0 Å². The maximum Gasteiger partial charge on any atom is 0.348 e. The Hall–Kier alpha value is -2.80. The molecule has 21 heavy (non-hydrogen) atoms. The van der Waals surface area contributed by atoms with Crippen molar-refractivity contribution in [2.24, 2.45) is 0 Å². The fraction of sp³-hybridized carbons (Fsp3) is 0. The zero-order valence-corrected chi connectivity index (χ0v) is 11.3. The van der Waals surface area contributed by atoms with E-state index in [0.29, 0.717) is 11.2 Å². The molecule has 1 N–H and O–H groups in total. The van der Waals surface area contributed by atoms with E-state index in [0.717, 1.165) is 11.7 Å². The average molecular weight is 302 g/mol. The molecule has 104 valence electrons. The molecule has 0 radical (unpaired) electrons. The molecule has 0 aliphatic carbocycles. The summed E-state index contributed by atoms with van der Waals surface area (Å²) in [6, 6.07) is 9.19. The number of nitro groups is 1. The van der Waals surface area contributed by atoms with Gasteiger partial charge in [-0.2, -0.15) is 0 Å². The Morgan fingerprint density at radius 3 is 2.76 bits per heavy atom. The maximum atomic E-state index is 11.1. The van der Waals surface area contributed by atoms with E-state index in [4.69, 9.17) is 11.6 Å². The molecule has 2 aromatic heterocycles. The summed E-state index contributed by atoms with van der Waals surface area (Å²) in [5.41, 5.74) is 0.919. The average Bonchev–Trinajstić information content (AvgIpc) is 2.47. The van der Waals surface area contributed by atoms with E-state index in [2.05, 4.69) is 20.3 Å². The molecule has 8 heteroatoms. The normalized spacial score (nSPS) is 10.5. The summed E-state index contributed by atoms with van der Waals surface area (Å²) < 4.78 is 0. The predicted molar refractivity (Wildman–Crippen MR) is 78.7 cm³/mol. The number of aromatic nitrogens is 3. The van der Waals surface area contributed by atoms with Crippen molar-refractivity contribution >= 4 is 39.7 Å². The molecule has 7 nitrogen and oxygen atoms in total. The minimum absolute atomic E-state index is 0.0261. The third-order valence-electron chi connectivity index (χ3n) is 2.85. The van der Waals surface area contributed by atoms with Crippen molar-refractivity contribution in [1.29, 1.82) is 0 Å². The van der Waals surface area contributed by atoms with Crippen LogP contribution in [0.3, 0.4) is 0 Å². The minimum Gasteiger partial charge on any atom is -0.333 e. The molecule has 3 rings (SSSR count). The highest BCUT2D eigenvalue weighted by molar-refractivity contribution is 6.31. The van der Waals surface area contributed by atoms with Gasteiger partial charge in [0.15, 0.2) is 0 Å². The van der Waals surface area contributed by atoms with Crippen LogP contribution in [0.15, 0.2) is 42.9 Å². The standard InChI is InChI=1S/C13H8ClN5O2/c14-12-11(19(20)21)13(17-7-16-12)18-9-5-1-3-8-4-2-6-15-10(8)9/h1-7H,(H,16,17,18). The van der Waals surface area contributed by atoms with Crippen LogP contribution in [0.4, 0.5) is 17.2 Å². The largest absolute Gasteiger partial charge is 0.348 e. The number of para-hydroxylation sites is 1. The lowest BCUT2D eigenvalue weighted by atomic mass is 10.2. The molecule has 0 bridgehead atoms. The van der Waals surface area contributed by atoms with Gasteiger partial charge in [-0.15, -0.1) is 0 Å². The van der Waals surface area contributed by atoms with Gasteiger partial charge in [-0.3, -0.25) is 15.1 Å². The topological polar surface area (TPSA) is 93.8 Å². The number of nitrogens with one attached hydrogen (secondary N) is 1. The number of nitrogens with zero attached hydrogens (tertiary/aromatic N) is 4. The van der Waals surface area contributed by atoms with Crippen LogP contribution in [0.5, 0.6) is 0 Å². The number of halogens is 1. The van der Waals surface area contributed by atoms with Gasteiger partial charge in [0.05, 0.1) is 16.1 Å². The van der Waals surface area contributed by atoms with Crippen molar-refractivity contribution in [2.75, 3.05) is 5.32 Å². The maximum absolute atomic E-state index is 11.1. The Morgan fingerprint density at radius 1 is 1.14 bits per heavy atom. The van der Waals surface area contributed by atoms with Crippen LogP contribution in [0.2, 0.25) is 5.15 Å². The highest BCUT2D eigenvalue weighted by Gasteiger charge is 2.22. The van der Waals surface area contributed by atoms with E-state index < -0.39 is 4.92 Å². The fourth-order valence-electron chi connectivity index (χ4n) is 1.94. The Morgan fingerprint density at radius 2 is 1.95 bits per heavy atom. The van der Waals surface area contributed by atoms with Crippen LogP contribution in [-0.2, 0) is 0 Å². The quantitative estimate of drug-likeness (QED) is 0.453. The first kappa shape index (κ1) is 13.2. The van der Waals surface area contributed by atoms with E-state index in [1.807, 2.05) is 24.3 Å². The molecule has 3 aromatic rings. The third kappa shape index (κ3) is 2.46. The van der Waals surface area contributed by atoms with Gasteiger partial charge in [-0.05, 0) is 12.1 Å². The molecule has 2 heterocycles. The number of fused-ring (bicyclic) bond motifs is 1. The van der Waals surface area contributed by atoms with Gasteiger partial charge in [0.25, 0.3) is 0 Å². The van der Waals surface area contributed by atoms with Crippen molar-refractivity contribution in [2.45, 2.75) is 0 Å². The van der Waals surface area contributed by atoms with Gasteiger partial charge < -0.3 is 5.32 Å². The molecule has 0 saturated heterocycles. The number of rotatable bonds is 3. The van der Waals surface area contributed by atoms with E-state index in [1.54, 1.807) is 12.3 Å². The number of hydrogen-bond acceptors (Lipinski definition) is 6. The first-order valence-corrected chi connectivity index (χ1v) is 6.30. The Kier molecular flexibility index (Phi) is 3.33. The SMILES string of the molecule is O=[N+]([O-])c1c(Cl)ncnc1Nc1cccc2cccnc12. The van der Waals surface area contributed by atoms with Crippen LogP contribution in [0, 0.1) is 10.1 Å². The van der Waals surface area contributed by atoms with Crippen molar-refractivity contribution < 1.29 is 4.92 Å². The summed E-state index contributed by atoms with van der Waals surface area (Å²) in [6.07, 6.45) is 2.81. The van der Waals surface area contributed by atoms with E-state index in [-0.39, 0.29) is 16.7 Å². The fourth-order valence-corrected chi connectivity index (χ4v) is 2.15. The number of benzene rings is 1. The zero-order valence-electron chi connectivity index (χ0n) is 10.5. The zero-order chi connectivity index (χ0) is 14.8. The van der Waals surface area contributed by atoms with E-state index in [1.165, 1.54) is 0 Å². The smallest absolute Gasteiger partial charge is 0.333 e. The van der Waals surface area contributed by atoms with Crippen molar-refractivity contribution in [1.82, 2.24) is 15.0 Å². The lowest BCUT2D eigenvalue weighted by Gasteiger charge is -2.08. The molecular formula is C13H8ClN5O2. The molecule has 0 atom stereocenters. The van der Waals surface area contributed by atoms with Gasteiger partial charge in [0.1, 0.15) is 6.33 Å². The summed E-state index contributed by atoms with van der Waals surface area (Å²) in [7, 11) is 0.